The van der Waals surface area contributed by atoms with Crippen molar-refractivity contribution >= 4 is 6.03 Å². The van der Waals surface area contributed by atoms with Crippen LogP contribution in [0.2, 0.25) is 0 Å². The van der Waals surface area contributed by atoms with E-state index in [1.807, 2.05) is 37.4 Å². The van der Waals surface area contributed by atoms with Gasteiger partial charge in [-0.2, -0.15) is 26.3 Å². The third kappa shape index (κ3) is 4.60. The van der Waals surface area contributed by atoms with E-state index in [2.05, 4.69) is 5.32 Å². The molecule has 4 nitrogen and oxygen atoms in total. The Kier molecular flexibility index (Phi) is 6.32. The first kappa shape index (κ1) is 25.3. The van der Waals surface area contributed by atoms with Gasteiger partial charge >= 0.3 is 18.4 Å². The van der Waals surface area contributed by atoms with E-state index in [-0.39, 0.29) is 29.0 Å². The predicted molar refractivity (Wildman–Crippen MR) is 118 cm³/mol. The molecule has 2 aromatic carbocycles. The molecule has 2 aromatic rings. The Hall–Kier alpha value is -2.75. The zero-order valence-electron chi connectivity index (χ0n) is 19.5. The highest BCUT2D eigenvalue weighted by Crippen LogP contribution is 2.67. The van der Waals surface area contributed by atoms with Gasteiger partial charge in [-0.1, -0.05) is 30.3 Å². The maximum absolute atomic E-state index is 13.6. The van der Waals surface area contributed by atoms with Crippen LogP contribution in [0.3, 0.4) is 0 Å². The summed E-state index contributed by atoms with van der Waals surface area (Å²) in [6.07, 6.45) is -8.96. The smallest absolute Gasteiger partial charge is 0.321 e. The molecule has 10 heteroatoms. The molecule has 0 bridgehead atoms. The molecule has 2 aliphatic rings. The van der Waals surface area contributed by atoms with E-state index in [4.69, 9.17) is 0 Å². The van der Waals surface area contributed by atoms with Gasteiger partial charge in [-0.25, -0.2) is 4.79 Å². The van der Waals surface area contributed by atoms with E-state index in [1.165, 1.54) is 18.9 Å². The van der Waals surface area contributed by atoms with Gasteiger partial charge in [0.1, 0.15) is 0 Å². The van der Waals surface area contributed by atoms with Gasteiger partial charge in [-0.15, -0.1) is 0 Å². The SMILES string of the molecule is CNC[C@]12C[C@@H]1CN(C(=O)N(C)C(C)c1cc(C(F)(F)F)cc(C(F)(F)F)c1)[C@H]2c1ccccc1. The molecule has 1 aliphatic carbocycles. The molecule has 4 rings (SSSR count). The molecule has 1 saturated heterocycles. The first-order valence-corrected chi connectivity index (χ1v) is 11.3. The lowest BCUT2D eigenvalue weighted by Crippen LogP contribution is -2.45. The number of piperidine rings is 1. The largest absolute Gasteiger partial charge is 0.416 e. The van der Waals surface area contributed by atoms with E-state index in [9.17, 15) is 31.1 Å². The molecule has 1 aliphatic heterocycles. The molecular weight excluding hydrogens is 472 g/mol. The first-order chi connectivity index (χ1) is 16.3. The summed E-state index contributed by atoms with van der Waals surface area (Å²) in [7, 11) is 3.26. The van der Waals surface area contributed by atoms with Gasteiger partial charge in [0.25, 0.3) is 0 Å². The van der Waals surface area contributed by atoms with Crippen LogP contribution >= 0.6 is 0 Å². The molecule has 1 saturated carbocycles. The Balaban J connectivity index is 1.66. The maximum Gasteiger partial charge on any atom is 0.416 e. The molecule has 0 spiro atoms. The zero-order valence-corrected chi connectivity index (χ0v) is 19.5. The second-order valence-electron chi connectivity index (χ2n) is 9.54. The van der Waals surface area contributed by atoms with Gasteiger partial charge in [-0.05, 0) is 55.6 Å². The lowest BCUT2D eigenvalue weighted by Gasteiger charge is -2.37. The highest BCUT2D eigenvalue weighted by atomic mass is 19.4. The van der Waals surface area contributed by atoms with Crippen LogP contribution in [-0.4, -0.2) is 43.0 Å². The summed E-state index contributed by atoms with van der Waals surface area (Å²) in [5.74, 6) is 0.276. The number of urea groups is 1. The molecular formula is C25H27F6N3O. The van der Waals surface area contributed by atoms with Crippen LogP contribution in [0, 0.1) is 11.3 Å². The molecule has 35 heavy (non-hydrogen) atoms. The summed E-state index contributed by atoms with van der Waals surface area (Å²) in [5, 5.41) is 3.20. The average molecular weight is 499 g/mol. The van der Waals surface area contributed by atoms with Gasteiger partial charge in [0.05, 0.1) is 23.2 Å². The number of nitrogens with one attached hydrogen (secondary N) is 1. The van der Waals surface area contributed by atoms with Crippen LogP contribution in [0.1, 0.15) is 47.7 Å². The number of carbonyl (C=O) groups excluding carboxylic acids is 1. The summed E-state index contributed by atoms with van der Waals surface area (Å²) in [6.45, 7) is 2.61. The number of halogens is 6. The van der Waals surface area contributed by atoms with Gasteiger partial charge in [-0.3, -0.25) is 0 Å². The number of benzene rings is 2. The van der Waals surface area contributed by atoms with Crippen molar-refractivity contribution in [1.82, 2.24) is 15.1 Å². The number of alkyl halides is 6. The summed E-state index contributed by atoms with van der Waals surface area (Å²) in [6, 6.07) is 9.30. The normalized spacial score (nSPS) is 24.8. The van der Waals surface area contributed by atoms with Crippen molar-refractivity contribution in [2.24, 2.45) is 11.3 Å². The van der Waals surface area contributed by atoms with Gasteiger partial charge in [0, 0.05) is 25.6 Å². The Bertz CT molecular complexity index is 1050. The molecule has 2 amide bonds. The van der Waals surface area contributed by atoms with Crippen molar-refractivity contribution in [3.8, 4) is 0 Å². The molecule has 2 fully saturated rings. The van der Waals surface area contributed by atoms with Crippen LogP contribution in [-0.2, 0) is 12.4 Å². The van der Waals surface area contributed by atoms with Gasteiger partial charge in [0.15, 0.2) is 0 Å². The minimum atomic E-state index is -4.95. The third-order valence-corrected chi connectivity index (χ3v) is 7.39. The Labute approximate surface area is 199 Å². The fourth-order valence-corrected chi connectivity index (χ4v) is 5.42. The first-order valence-electron chi connectivity index (χ1n) is 11.3. The van der Waals surface area contributed by atoms with Crippen LogP contribution in [0.5, 0.6) is 0 Å². The predicted octanol–water partition coefficient (Wildman–Crippen LogP) is 6.12. The number of hydrogen-bond acceptors (Lipinski definition) is 2. The summed E-state index contributed by atoms with van der Waals surface area (Å²) in [5.41, 5.74) is -2.21. The highest BCUT2D eigenvalue weighted by Gasteiger charge is 2.66. The number of fused-ring (bicyclic) bond motifs is 1. The van der Waals surface area contributed by atoms with E-state index < -0.39 is 35.6 Å². The summed E-state index contributed by atoms with van der Waals surface area (Å²) in [4.78, 5) is 16.5. The van der Waals surface area contributed by atoms with Crippen LogP contribution in [0.15, 0.2) is 48.5 Å². The van der Waals surface area contributed by atoms with E-state index in [1.54, 1.807) is 4.90 Å². The molecule has 0 radical (unpaired) electrons. The van der Waals surface area contributed by atoms with Gasteiger partial charge < -0.3 is 15.1 Å². The molecule has 0 aromatic heterocycles. The Morgan fingerprint density at radius 1 is 1.09 bits per heavy atom. The second kappa shape index (κ2) is 8.72. The lowest BCUT2D eigenvalue weighted by molar-refractivity contribution is -0.143. The van der Waals surface area contributed by atoms with Crippen molar-refractivity contribution in [2.45, 2.75) is 37.8 Å². The molecule has 1 heterocycles. The number of likely N-dealkylation sites (tertiary alicyclic amines) is 1. The molecule has 1 N–H and O–H groups in total. The monoisotopic (exact) mass is 499 g/mol. The number of rotatable bonds is 5. The standard InChI is InChI=1S/C25H27F6N3O/c1-15(17-9-18(24(26,27)28)11-19(10-17)25(29,30)31)33(3)22(35)34-13-20-12-23(20,14-32-2)21(34)16-7-5-4-6-8-16/h4-11,15,20-21,32H,12-14H2,1-3H3/t15?,20-,21+,23-/m1/s1. The van der Waals surface area contributed by atoms with Crippen molar-refractivity contribution in [3.05, 3.63) is 70.8 Å². The number of hydrogen-bond donors (Lipinski definition) is 1. The van der Waals surface area contributed by atoms with Crippen LogP contribution < -0.4 is 5.32 Å². The number of nitrogens with zero attached hydrogens (tertiary/aromatic N) is 2. The molecule has 4 atom stereocenters. The highest BCUT2D eigenvalue weighted by molar-refractivity contribution is 5.76. The third-order valence-electron chi connectivity index (χ3n) is 7.39. The Morgan fingerprint density at radius 3 is 2.17 bits per heavy atom. The zero-order chi connectivity index (χ0) is 25.8. The fraction of sp³-hybridized carbons (Fsp3) is 0.480. The van der Waals surface area contributed by atoms with Crippen LogP contribution in [0.4, 0.5) is 31.1 Å². The molecule has 190 valence electrons. The van der Waals surface area contributed by atoms with Crippen molar-refractivity contribution < 1.29 is 31.1 Å². The van der Waals surface area contributed by atoms with Crippen molar-refractivity contribution in [3.63, 3.8) is 0 Å². The fourth-order valence-electron chi connectivity index (χ4n) is 5.42. The second-order valence-corrected chi connectivity index (χ2v) is 9.54. The number of amides is 2. The van der Waals surface area contributed by atoms with E-state index in [0.29, 0.717) is 25.2 Å². The quantitative estimate of drug-likeness (QED) is 0.503. The number of carbonyl (C=O) groups is 1. The average Bonchev–Trinajstić information content (AvgIpc) is 3.39. The summed E-state index contributed by atoms with van der Waals surface area (Å²) < 4.78 is 80.1. The van der Waals surface area contributed by atoms with E-state index >= 15 is 0 Å². The van der Waals surface area contributed by atoms with Gasteiger partial charge in [0.2, 0.25) is 0 Å². The minimum Gasteiger partial charge on any atom is -0.321 e. The van der Waals surface area contributed by atoms with Crippen molar-refractivity contribution in [2.75, 3.05) is 27.2 Å². The van der Waals surface area contributed by atoms with E-state index in [0.717, 1.165) is 12.0 Å². The maximum atomic E-state index is 13.6. The lowest BCUT2D eigenvalue weighted by atomic mass is 9.89. The minimum absolute atomic E-state index is 0.0962. The van der Waals surface area contributed by atoms with Crippen LogP contribution in [0.25, 0.3) is 0 Å². The summed E-state index contributed by atoms with van der Waals surface area (Å²) >= 11 is 0. The molecule has 1 unspecified atom stereocenters. The Morgan fingerprint density at radius 2 is 1.66 bits per heavy atom. The topological polar surface area (TPSA) is 35.6 Å². The van der Waals surface area contributed by atoms with Crippen molar-refractivity contribution in [1.29, 1.82) is 0 Å².